The van der Waals surface area contributed by atoms with Gasteiger partial charge in [-0.25, -0.2) is 9.37 Å². The van der Waals surface area contributed by atoms with Crippen LogP contribution in [0.25, 0.3) is 0 Å². The van der Waals surface area contributed by atoms with Crippen LogP contribution in [0.15, 0.2) is 47.1 Å². The van der Waals surface area contributed by atoms with Crippen LogP contribution in [0.5, 0.6) is 0 Å². The summed E-state index contributed by atoms with van der Waals surface area (Å²) < 4.78 is 13.7. The Hall–Kier alpha value is -1.42. The van der Waals surface area contributed by atoms with Crippen LogP contribution in [0.1, 0.15) is 5.69 Å². The average Bonchev–Trinajstić information content (AvgIpc) is 2.27. The van der Waals surface area contributed by atoms with Crippen LogP contribution in [0.2, 0.25) is 0 Å². The largest absolute Gasteiger partial charge is 0.379 e. The minimum absolute atomic E-state index is 0.243. The number of pyridine rings is 1. The second-order valence-electron chi connectivity index (χ2n) is 3.32. The van der Waals surface area contributed by atoms with E-state index < -0.39 is 0 Å². The molecule has 0 saturated carbocycles. The van der Waals surface area contributed by atoms with E-state index in [2.05, 4.69) is 26.2 Å². The van der Waals surface area contributed by atoms with Crippen molar-refractivity contribution in [3.8, 4) is 0 Å². The van der Waals surface area contributed by atoms with E-state index >= 15 is 0 Å². The van der Waals surface area contributed by atoms with Crippen LogP contribution in [-0.4, -0.2) is 4.98 Å². The van der Waals surface area contributed by atoms with Gasteiger partial charge in [0.1, 0.15) is 10.4 Å². The van der Waals surface area contributed by atoms with E-state index in [0.29, 0.717) is 6.54 Å². The maximum atomic E-state index is 12.9. The zero-order valence-corrected chi connectivity index (χ0v) is 10.0. The lowest BCUT2D eigenvalue weighted by Gasteiger charge is -2.05. The van der Waals surface area contributed by atoms with Crippen molar-refractivity contribution in [2.24, 2.45) is 0 Å². The molecule has 82 valence electrons. The van der Waals surface area contributed by atoms with Gasteiger partial charge < -0.3 is 5.32 Å². The predicted octanol–water partition coefficient (Wildman–Crippen LogP) is 3.60. The number of nitrogens with one attached hydrogen (secondary N) is 1. The van der Waals surface area contributed by atoms with E-state index in [1.807, 2.05) is 24.3 Å². The highest BCUT2D eigenvalue weighted by Gasteiger charge is 1.97. The molecule has 0 aliphatic carbocycles. The molecule has 2 nitrogen and oxygen atoms in total. The minimum Gasteiger partial charge on any atom is -0.379 e. The number of hydrogen-bond donors (Lipinski definition) is 1. The first-order chi connectivity index (χ1) is 7.74. The number of nitrogens with zero attached hydrogens (tertiary/aromatic N) is 1. The molecule has 0 unspecified atom stereocenters. The van der Waals surface area contributed by atoms with Crippen molar-refractivity contribution in [2.45, 2.75) is 6.54 Å². The number of halogens is 2. The third-order valence-electron chi connectivity index (χ3n) is 2.07. The number of aromatic nitrogens is 1. The smallest absolute Gasteiger partial charge is 0.125 e. The standard InChI is InChI=1S/C12H10BrFN2/c13-12-6-2-5-11(16-12)8-15-10-4-1-3-9(14)7-10/h1-7,15H,8H2. The minimum atomic E-state index is -0.243. The molecule has 4 heteroatoms. The van der Waals surface area contributed by atoms with Gasteiger partial charge in [0.25, 0.3) is 0 Å². The lowest BCUT2D eigenvalue weighted by Crippen LogP contribution is -2.01. The third-order valence-corrected chi connectivity index (χ3v) is 2.51. The Balaban J connectivity index is 2.02. The molecule has 1 aromatic carbocycles. The first-order valence-corrected chi connectivity index (χ1v) is 5.64. The van der Waals surface area contributed by atoms with Crippen molar-refractivity contribution in [3.63, 3.8) is 0 Å². The molecule has 0 radical (unpaired) electrons. The first kappa shape index (κ1) is 11.1. The fourth-order valence-corrected chi connectivity index (χ4v) is 1.72. The Labute approximate surface area is 102 Å². The topological polar surface area (TPSA) is 24.9 Å². The Morgan fingerprint density at radius 1 is 1.19 bits per heavy atom. The fraction of sp³-hybridized carbons (Fsp3) is 0.0833. The second-order valence-corrected chi connectivity index (χ2v) is 4.13. The van der Waals surface area contributed by atoms with Crippen LogP contribution in [0, 0.1) is 5.82 Å². The molecular weight excluding hydrogens is 271 g/mol. The average molecular weight is 281 g/mol. The molecule has 1 heterocycles. The van der Waals surface area contributed by atoms with Crippen molar-refractivity contribution in [2.75, 3.05) is 5.32 Å². The van der Waals surface area contributed by atoms with Gasteiger partial charge in [0, 0.05) is 5.69 Å². The van der Waals surface area contributed by atoms with E-state index in [-0.39, 0.29) is 5.82 Å². The highest BCUT2D eigenvalue weighted by Crippen LogP contribution is 2.11. The molecule has 2 rings (SSSR count). The molecule has 0 fully saturated rings. The van der Waals surface area contributed by atoms with E-state index in [0.717, 1.165) is 16.0 Å². The Morgan fingerprint density at radius 2 is 2.00 bits per heavy atom. The van der Waals surface area contributed by atoms with Gasteiger partial charge in [0.2, 0.25) is 0 Å². The van der Waals surface area contributed by atoms with Gasteiger partial charge in [0.15, 0.2) is 0 Å². The van der Waals surface area contributed by atoms with Crippen molar-refractivity contribution >= 4 is 21.6 Å². The van der Waals surface area contributed by atoms with E-state index in [4.69, 9.17) is 0 Å². The molecule has 0 aliphatic rings. The summed E-state index contributed by atoms with van der Waals surface area (Å²) in [6, 6.07) is 12.1. The highest BCUT2D eigenvalue weighted by molar-refractivity contribution is 9.10. The number of benzene rings is 1. The van der Waals surface area contributed by atoms with Crippen LogP contribution >= 0.6 is 15.9 Å². The quantitative estimate of drug-likeness (QED) is 0.869. The molecule has 1 N–H and O–H groups in total. The summed E-state index contributed by atoms with van der Waals surface area (Å²) in [5, 5.41) is 3.11. The van der Waals surface area contributed by atoms with Gasteiger partial charge >= 0.3 is 0 Å². The fourth-order valence-electron chi connectivity index (χ4n) is 1.34. The van der Waals surface area contributed by atoms with Crippen LogP contribution in [0.4, 0.5) is 10.1 Å². The van der Waals surface area contributed by atoms with Crippen LogP contribution in [0.3, 0.4) is 0 Å². The van der Waals surface area contributed by atoms with Crippen LogP contribution in [-0.2, 0) is 6.54 Å². The van der Waals surface area contributed by atoms with E-state index in [1.54, 1.807) is 6.07 Å². The zero-order chi connectivity index (χ0) is 11.4. The molecule has 0 bridgehead atoms. The number of hydrogen-bond acceptors (Lipinski definition) is 2. The summed E-state index contributed by atoms with van der Waals surface area (Å²) in [5.41, 5.74) is 1.65. The summed E-state index contributed by atoms with van der Waals surface area (Å²) in [7, 11) is 0. The van der Waals surface area contributed by atoms with Gasteiger partial charge in [-0.1, -0.05) is 12.1 Å². The predicted molar refractivity (Wildman–Crippen MR) is 65.7 cm³/mol. The third kappa shape index (κ3) is 3.03. The van der Waals surface area contributed by atoms with Gasteiger partial charge in [-0.05, 0) is 46.3 Å². The van der Waals surface area contributed by atoms with Crippen LogP contribution < -0.4 is 5.32 Å². The monoisotopic (exact) mass is 280 g/mol. The van der Waals surface area contributed by atoms with Gasteiger partial charge in [0.05, 0.1) is 12.2 Å². The second kappa shape index (κ2) is 5.07. The first-order valence-electron chi connectivity index (χ1n) is 4.85. The molecule has 0 saturated heterocycles. The summed E-state index contributed by atoms with van der Waals surface area (Å²) in [6.45, 7) is 0.572. The zero-order valence-electron chi connectivity index (χ0n) is 8.45. The highest BCUT2D eigenvalue weighted by atomic mass is 79.9. The Kier molecular flexibility index (Phi) is 3.51. The number of anilines is 1. The van der Waals surface area contributed by atoms with E-state index in [1.165, 1.54) is 12.1 Å². The van der Waals surface area contributed by atoms with E-state index in [9.17, 15) is 4.39 Å². The van der Waals surface area contributed by atoms with Gasteiger partial charge in [-0.15, -0.1) is 0 Å². The van der Waals surface area contributed by atoms with Crippen molar-refractivity contribution in [1.29, 1.82) is 0 Å². The number of rotatable bonds is 3. The Morgan fingerprint density at radius 3 is 2.75 bits per heavy atom. The lowest BCUT2D eigenvalue weighted by atomic mass is 10.3. The van der Waals surface area contributed by atoms with Gasteiger partial charge in [-0.2, -0.15) is 0 Å². The van der Waals surface area contributed by atoms with Crippen molar-refractivity contribution in [1.82, 2.24) is 4.98 Å². The molecule has 0 amide bonds. The summed E-state index contributed by atoms with van der Waals surface area (Å²) in [6.07, 6.45) is 0. The molecule has 0 aliphatic heterocycles. The molecule has 0 spiro atoms. The molecule has 0 atom stereocenters. The summed E-state index contributed by atoms with van der Waals surface area (Å²) in [5.74, 6) is -0.243. The molecule has 16 heavy (non-hydrogen) atoms. The Bertz CT molecular complexity index is 442. The molecule has 2 aromatic rings. The lowest BCUT2D eigenvalue weighted by molar-refractivity contribution is 0.628. The summed E-state index contributed by atoms with van der Waals surface area (Å²) >= 11 is 3.30. The van der Waals surface area contributed by atoms with Crippen molar-refractivity contribution in [3.05, 3.63) is 58.6 Å². The normalized spacial score (nSPS) is 10.1. The maximum absolute atomic E-state index is 12.9. The maximum Gasteiger partial charge on any atom is 0.125 e. The molecular formula is C12H10BrFN2. The molecule has 1 aromatic heterocycles. The summed E-state index contributed by atoms with van der Waals surface area (Å²) in [4.78, 5) is 4.27. The van der Waals surface area contributed by atoms with Gasteiger partial charge in [-0.3, -0.25) is 0 Å². The van der Waals surface area contributed by atoms with Crippen molar-refractivity contribution < 1.29 is 4.39 Å². The SMILES string of the molecule is Fc1cccc(NCc2cccc(Br)n2)c1.